The lowest BCUT2D eigenvalue weighted by atomic mass is 10.1. The summed E-state index contributed by atoms with van der Waals surface area (Å²) < 4.78 is 0. The van der Waals surface area contributed by atoms with Gasteiger partial charge in [0.1, 0.15) is 11.5 Å². The van der Waals surface area contributed by atoms with Crippen LogP contribution in [0.3, 0.4) is 0 Å². The number of carbonyl (C=O) groups is 1. The average Bonchev–Trinajstić information content (AvgIpc) is 2.36. The first kappa shape index (κ1) is 13.0. The van der Waals surface area contributed by atoms with Crippen molar-refractivity contribution in [2.75, 3.05) is 0 Å². The number of hydrogen-bond donors (Lipinski definition) is 3. The highest BCUT2D eigenvalue weighted by Crippen LogP contribution is 2.18. The van der Waals surface area contributed by atoms with E-state index in [9.17, 15) is 15.0 Å². The normalized spacial score (nSPS) is 10.2. The van der Waals surface area contributed by atoms with Crippen molar-refractivity contribution >= 4 is 5.91 Å². The number of phenols is 2. The molecular weight excluding hydrogens is 242 g/mol. The van der Waals surface area contributed by atoms with E-state index in [4.69, 9.17) is 0 Å². The van der Waals surface area contributed by atoms with Gasteiger partial charge in [-0.2, -0.15) is 0 Å². The molecule has 0 aliphatic rings. The van der Waals surface area contributed by atoms with Gasteiger partial charge in [-0.1, -0.05) is 18.2 Å². The molecule has 0 radical (unpaired) electrons. The fourth-order valence-electron chi connectivity index (χ4n) is 1.78. The van der Waals surface area contributed by atoms with Crippen molar-refractivity contribution in [3.8, 4) is 11.5 Å². The van der Waals surface area contributed by atoms with Crippen molar-refractivity contribution in [2.45, 2.75) is 13.5 Å². The van der Waals surface area contributed by atoms with Crippen molar-refractivity contribution in [1.82, 2.24) is 5.32 Å². The van der Waals surface area contributed by atoms with Gasteiger partial charge < -0.3 is 15.5 Å². The third-order valence-corrected chi connectivity index (χ3v) is 2.76. The molecular formula is C15H15NO3. The third kappa shape index (κ3) is 3.25. The van der Waals surface area contributed by atoms with Gasteiger partial charge >= 0.3 is 0 Å². The predicted octanol–water partition coefficient (Wildman–Crippen LogP) is 2.34. The maximum atomic E-state index is 11.9. The first-order valence-corrected chi connectivity index (χ1v) is 5.92. The zero-order valence-corrected chi connectivity index (χ0v) is 10.6. The molecule has 0 aromatic heterocycles. The van der Waals surface area contributed by atoms with Crippen LogP contribution in [0, 0.1) is 6.92 Å². The van der Waals surface area contributed by atoms with Crippen LogP contribution in [-0.2, 0) is 6.54 Å². The minimum Gasteiger partial charge on any atom is -0.508 e. The molecule has 0 atom stereocenters. The number of rotatable bonds is 3. The van der Waals surface area contributed by atoms with Crippen molar-refractivity contribution in [2.24, 2.45) is 0 Å². The molecule has 98 valence electrons. The summed E-state index contributed by atoms with van der Waals surface area (Å²) in [6.45, 7) is 2.13. The largest absolute Gasteiger partial charge is 0.508 e. The molecule has 0 bridgehead atoms. The van der Waals surface area contributed by atoms with Gasteiger partial charge in [-0.15, -0.1) is 0 Å². The Morgan fingerprint density at radius 3 is 2.63 bits per heavy atom. The molecule has 0 fully saturated rings. The second-order valence-corrected chi connectivity index (χ2v) is 4.37. The Kier molecular flexibility index (Phi) is 3.71. The Morgan fingerprint density at radius 1 is 1.16 bits per heavy atom. The summed E-state index contributed by atoms with van der Waals surface area (Å²) in [6, 6.07) is 11.6. The number of benzene rings is 2. The quantitative estimate of drug-likeness (QED) is 0.790. The Hall–Kier alpha value is -2.49. The van der Waals surface area contributed by atoms with E-state index in [0.717, 1.165) is 11.1 Å². The zero-order chi connectivity index (χ0) is 13.8. The highest BCUT2D eigenvalue weighted by atomic mass is 16.3. The van der Waals surface area contributed by atoms with Gasteiger partial charge in [0.25, 0.3) is 5.91 Å². The molecule has 2 aromatic rings. The summed E-state index contributed by atoms with van der Waals surface area (Å²) in [7, 11) is 0. The molecule has 3 N–H and O–H groups in total. The van der Waals surface area contributed by atoms with Gasteiger partial charge in [-0.05, 0) is 42.3 Å². The molecule has 1 amide bonds. The van der Waals surface area contributed by atoms with Crippen molar-refractivity contribution < 1.29 is 15.0 Å². The van der Waals surface area contributed by atoms with Crippen LogP contribution in [0.1, 0.15) is 21.5 Å². The van der Waals surface area contributed by atoms with Crippen LogP contribution in [0.4, 0.5) is 0 Å². The minimum absolute atomic E-state index is 0.0339. The summed E-state index contributed by atoms with van der Waals surface area (Å²) in [5, 5.41) is 21.7. The number of aromatic hydroxyl groups is 2. The Labute approximate surface area is 111 Å². The van der Waals surface area contributed by atoms with Gasteiger partial charge in [-0.25, -0.2) is 0 Å². The smallest absolute Gasteiger partial charge is 0.255 e. The van der Waals surface area contributed by atoms with E-state index in [1.807, 2.05) is 6.92 Å². The molecule has 2 aromatic carbocycles. The SMILES string of the molecule is Cc1ccc(C(=O)NCc2cccc(O)c2)c(O)c1. The maximum absolute atomic E-state index is 11.9. The highest BCUT2D eigenvalue weighted by Gasteiger charge is 2.10. The van der Waals surface area contributed by atoms with Crippen LogP contribution < -0.4 is 5.32 Å². The van der Waals surface area contributed by atoms with E-state index in [1.165, 1.54) is 0 Å². The fraction of sp³-hybridized carbons (Fsp3) is 0.133. The number of aryl methyl sites for hydroxylation is 1. The molecule has 19 heavy (non-hydrogen) atoms. The number of phenolic OH excluding ortho intramolecular Hbond substituents is 2. The molecule has 4 nitrogen and oxygen atoms in total. The van der Waals surface area contributed by atoms with Crippen molar-refractivity contribution in [3.63, 3.8) is 0 Å². The summed E-state index contributed by atoms with van der Waals surface area (Å²) in [5.41, 5.74) is 1.92. The minimum atomic E-state index is -0.346. The van der Waals surface area contributed by atoms with Crippen LogP contribution in [-0.4, -0.2) is 16.1 Å². The number of nitrogens with one attached hydrogen (secondary N) is 1. The molecule has 0 saturated carbocycles. The Balaban J connectivity index is 2.05. The number of carbonyl (C=O) groups excluding carboxylic acids is 1. The van der Waals surface area contributed by atoms with Crippen LogP contribution in [0.25, 0.3) is 0 Å². The third-order valence-electron chi connectivity index (χ3n) is 2.76. The van der Waals surface area contributed by atoms with Crippen LogP contribution in [0.15, 0.2) is 42.5 Å². The van der Waals surface area contributed by atoms with E-state index < -0.39 is 0 Å². The van der Waals surface area contributed by atoms with E-state index in [0.29, 0.717) is 6.54 Å². The molecule has 0 saturated heterocycles. The fourth-order valence-corrected chi connectivity index (χ4v) is 1.78. The second-order valence-electron chi connectivity index (χ2n) is 4.37. The van der Waals surface area contributed by atoms with Gasteiger partial charge in [-0.3, -0.25) is 4.79 Å². The van der Waals surface area contributed by atoms with Crippen LogP contribution in [0.2, 0.25) is 0 Å². The molecule has 0 heterocycles. The summed E-state index contributed by atoms with van der Waals surface area (Å²) in [4.78, 5) is 11.9. The molecule has 2 rings (SSSR count). The molecule has 0 aliphatic carbocycles. The molecule has 0 spiro atoms. The maximum Gasteiger partial charge on any atom is 0.255 e. The number of amides is 1. The van der Waals surface area contributed by atoms with E-state index >= 15 is 0 Å². The van der Waals surface area contributed by atoms with E-state index in [2.05, 4.69) is 5.32 Å². The lowest BCUT2D eigenvalue weighted by molar-refractivity contribution is 0.0948. The van der Waals surface area contributed by atoms with Gasteiger partial charge in [0.2, 0.25) is 0 Å². The van der Waals surface area contributed by atoms with Crippen LogP contribution >= 0.6 is 0 Å². The lowest BCUT2D eigenvalue weighted by Gasteiger charge is -2.07. The topological polar surface area (TPSA) is 69.6 Å². The van der Waals surface area contributed by atoms with Gasteiger partial charge in [0, 0.05) is 6.54 Å². The standard InChI is InChI=1S/C15H15NO3/c1-10-5-6-13(14(18)7-10)15(19)16-9-11-3-2-4-12(17)8-11/h2-8,17-18H,9H2,1H3,(H,16,19). The molecule has 0 aliphatic heterocycles. The first-order valence-electron chi connectivity index (χ1n) is 5.92. The molecule has 4 heteroatoms. The van der Waals surface area contributed by atoms with Crippen molar-refractivity contribution in [3.05, 3.63) is 59.2 Å². The average molecular weight is 257 g/mol. The second kappa shape index (κ2) is 5.44. The summed E-state index contributed by atoms with van der Waals surface area (Å²) >= 11 is 0. The highest BCUT2D eigenvalue weighted by molar-refractivity contribution is 5.96. The lowest BCUT2D eigenvalue weighted by Crippen LogP contribution is -2.22. The van der Waals surface area contributed by atoms with Crippen molar-refractivity contribution in [1.29, 1.82) is 0 Å². The van der Waals surface area contributed by atoms with Gasteiger partial charge in [0.05, 0.1) is 5.56 Å². The summed E-state index contributed by atoms with van der Waals surface area (Å²) in [6.07, 6.45) is 0. The monoisotopic (exact) mass is 257 g/mol. The Morgan fingerprint density at radius 2 is 1.95 bits per heavy atom. The van der Waals surface area contributed by atoms with E-state index in [1.54, 1.807) is 42.5 Å². The number of hydrogen-bond acceptors (Lipinski definition) is 3. The first-order chi connectivity index (χ1) is 9.06. The van der Waals surface area contributed by atoms with Gasteiger partial charge in [0.15, 0.2) is 0 Å². The van der Waals surface area contributed by atoms with Crippen LogP contribution in [0.5, 0.6) is 11.5 Å². The molecule has 0 unspecified atom stereocenters. The Bertz CT molecular complexity index is 608. The predicted molar refractivity (Wildman–Crippen MR) is 72.1 cm³/mol. The summed E-state index contributed by atoms with van der Waals surface area (Å²) in [5.74, 6) is -0.223. The zero-order valence-electron chi connectivity index (χ0n) is 10.6. The van der Waals surface area contributed by atoms with E-state index in [-0.39, 0.29) is 23.0 Å².